The zero-order valence-electron chi connectivity index (χ0n) is 9.79. The Balaban J connectivity index is 0.000000921. The Kier molecular flexibility index (Phi) is 4.85. The molecule has 1 aromatic carbocycles. The molecule has 0 fully saturated rings. The van der Waals surface area contributed by atoms with Crippen LogP contribution < -0.4 is 0 Å². The quantitative estimate of drug-likeness (QED) is 0.594. The maximum absolute atomic E-state index is 12.4. The number of benzene rings is 1. The van der Waals surface area contributed by atoms with Crippen LogP contribution in [-0.2, 0) is 6.18 Å². The summed E-state index contributed by atoms with van der Waals surface area (Å²) >= 11 is 0. The largest absolute Gasteiger partial charge is 0.416 e. The molecule has 0 saturated carbocycles. The van der Waals surface area contributed by atoms with Gasteiger partial charge in [0.2, 0.25) is 0 Å². The molecule has 0 aromatic heterocycles. The summed E-state index contributed by atoms with van der Waals surface area (Å²) in [6, 6.07) is 2.64. The Hall–Kier alpha value is -0.990. The van der Waals surface area contributed by atoms with Gasteiger partial charge in [0.15, 0.2) is 0 Å². The first-order valence-electron chi connectivity index (χ1n) is 4.98. The van der Waals surface area contributed by atoms with Crippen LogP contribution in [0.2, 0.25) is 0 Å². The zero-order valence-corrected chi connectivity index (χ0v) is 9.79. The maximum Gasteiger partial charge on any atom is 0.416 e. The van der Waals surface area contributed by atoms with E-state index in [1.807, 2.05) is 20.8 Å². The van der Waals surface area contributed by atoms with E-state index in [1.54, 1.807) is 6.92 Å². The molecule has 0 aliphatic heterocycles. The van der Waals surface area contributed by atoms with Crippen LogP contribution in [0.1, 0.15) is 36.1 Å². The molecule has 1 aromatic rings. The average molecular weight is 218 g/mol. The van der Waals surface area contributed by atoms with Crippen molar-refractivity contribution < 1.29 is 13.2 Å². The van der Waals surface area contributed by atoms with Gasteiger partial charge in [-0.1, -0.05) is 19.9 Å². The maximum atomic E-state index is 12.4. The van der Waals surface area contributed by atoms with Crippen molar-refractivity contribution in [3.63, 3.8) is 0 Å². The standard InChI is InChI=1S/C10H11F3.C2H6/c1-6-4-5-9(10(11,12)13)8(3)7(6)2;1-2/h4-5H,1-3H3;1-2H3. The predicted molar refractivity (Wildman–Crippen MR) is 57.0 cm³/mol. The summed E-state index contributed by atoms with van der Waals surface area (Å²) in [5.74, 6) is 0. The number of hydrogen-bond donors (Lipinski definition) is 0. The van der Waals surface area contributed by atoms with Crippen LogP contribution in [0.3, 0.4) is 0 Å². The summed E-state index contributed by atoms with van der Waals surface area (Å²) in [5.41, 5.74) is 1.41. The molecule has 0 amide bonds. The van der Waals surface area contributed by atoms with E-state index >= 15 is 0 Å². The zero-order chi connectivity index (χ0) is 12.2. The lowest BCUT2D eigenvalue weighted by Gasteiger charge is -2.13. The van der Waals surface area contributed by atoms with E-state index in [0.29, 0.717) is 5.56 Å². The minimum atomic E-state index is -4.23. The average Bonchev–Trinajstić information content (AvgIpc) is 2.15. The fourth-order valence-corrected chi connectivity index (χ4v) is 1.26. The van der Waals surface area contributed by atoms with E-state index in [2.05, 4.69) is 0 Å². The monoisotopic (exact) mass is 218 g/mol. The molecule has 3 heteroatoms. The molecule has 0 unspecified atom stereocenters. The van der Waals surface area contributed by atoms with Crippen molar-refractivity contribution in [2.75, 3.05) is 0 Å². The Morgan fingerprint density at radius 1 is 0.867 bits per heavy atom. The second-order valence-corrected chi connectivity index (χ2v) is 3.18. The number of aryl methyl sites for hydroxylation is 1. The van der Waals surface area contributed by atoms with Crippen molar-refractivity contribution in [3.05, 3.63) is 34.4 Å². The summed E-state index contributed by atoms with van der Waals surface area (Å²) in [6.45, 7) is 9.02. The third-order valence-corrected chi connectivity index (χ3v) is 2.36. The molecule has 0 N–H and O–H groups in total. The van der Waals surface area contributed by atoms with Crippen LogP contribution in [0.5, 0.6) is 0 Å². The van der Waals surface area contributed by atoms with Gasteiger partial charge in [0.1, 0.15) is 0 Å². The smallest absolute Gasteiger partial charge is 0.166 e. The minimum absolute atomic E-state index is 0.326. The third kappa shape index (κ3) is 3.26. The van der Waals surface area contributed by atoms with Crippen LogP contribution >= 0.6 is 0 Å². The fraction of sp³-hybridized carbons (Fsp3) is 0.500. The van der Waals surface area contributed by atoms with Gasteiger partial charge < -0.3 is 0 Å². The first kappa shape index (κ1) is 14.0. The first-order valence-corrected chi connectivity index (χ1v) is 4.98. The lowest BCUT2D eigenvalue weighted by molar-refractivity contribution is -0.138. The molecular formula is C12H17F3. The molecule has 86 valence electrons. The Labute approximate surface area is 89.1 Å². The summed E-state index contributed by atoms with van der Waals surface area (Å²) in [7, 11) is 0. The van der Waals surface area contributed by atoms with Crippen LogP contribution in [0, 0.1) is 20.8 Å². The van der Waals surface area contributed by atoms with Gasteiger partial charge >= 0.3 is 6.18 Å². The second kappa shape index (κ2) is 5.19. The Bertz CT molecular complexity index is 324. The molecule has 0 nitrogen and oxygen atoms in total. The van der Waals surface area contributed by atoms with Crippen LogP contribution in [0.15, 0.2) is 12.1 Å². The number of alkyl halides is 3. The van der Waals surface area contributed by atoms with E-state index in [9.17, 15) is 13.2 Å². The number of rotatable bonds is 0. The van der Waals surface area contributed by atoms with Crippen LogP contribution in [0.4, 0.5) is 13.2 Å². The van der Waals surface area contributed by atoms with Gasteiger partial charge in [-0.3, -0.25) is 0 Å². The highest BCUT2D eigenvalue weighted by Gasteiger charge is 2.32. The third-order valence-electron chi connectivity index (χ3n) is 2.36. The van der Waals surface area contributed by atoms with Crippen molar-refractivity contribution in [1.29, 1.82) is 0 Å². The molecule has 0 saturated heterocycles. The van der Waals surface area contributed by atoms with Crippen LogP contribution in [-0.4, -0.2) is 0 Å². The lowest BCUT2D eigenvalue weighted by Crippen LogP contribution is -2.08. The topological polar surface area (TPSA) is 0 Å². The Morgan fingerprint density at radius 2 is 1.33 bits per heavy atom. The van der Waals surface area contributed by atoms with Crippen molar-refractivity contribution >= 4 is 0 Å². The highest BCUT2D eigenvalue weighted by molar-refractivity contribution is 5.40. The summed E-state index contributed by atoms with van der Waals surface area (Å²) in [6.07, 6.45) is -4.23. The second-order valence-electron chi connectivity index (χ2n) is 3.18. The van der Waals surface area contributed by atoms with Crippen LogP contribution in [0.25, 0.3) is 0 Å². The van der Waals surface area contributed by atoms with Crippen molar-refractivity contribution in [2.24, 2.45) is 0 Å². The molecule has 0 heterocycles. The molecule has 0 bridgehead atoms. The molecule has 15 heavy (non-hydrogen) atoms. The minimum Gasteiger partial charge on any atom is -0.166 e. The molecule has 1 rings (SSSR count). The summed E-state index contributed by atoms with van der Waals surface area (Å²) < 4.78 is 37.1. The lowest BCUT2D eigenvalue weighted by atomic mass is 9.99. The highest BCUT2D eigenvalue weighted by atomic mass is 19.4. The number of hydrogen-bond acceptors (Lipinski definition) is 0. The van der Waals surface area contributed by atoms with Gasteiger partial charge in [-0.15, -0.1) is 0 Å². The van der Waals surface area contributed by atoms with Crippen molar-refractivity contribution in [3.8, 4) is 0 Å². The van der Waals surface area contributed by atoms with E-state index in [1.165, 1.54) is 13.0 Å². The number of halogens is 3. The van der Waals surface area contributed by atoms with Gasteiger partial charge in [-0.2, -0.15) is 13.2 Å². The summed E-state index contributed by atoms with van der Waals surface area (Å²) in [4.78, 5) is 0. The molecule has 0 aliphatic rings. The first-order chi connectivity index (χ1) is 6.84. The molecular weight excluding hydrogens is 201 g/mol. The predicted octanol–water partition coefficient (Wildman–Crippen LogP) is 4.66. The van der Waals surface area contributed by atoms with Crippen molar-refractivity contribution in [1.82, 2.24) is 0 Å². The highest BCUT2D eigenvalue weighted by Crippen LogP contribution is 2.33. The summed E-state index contributed by atoms with van der Waals surface area (Å²) in [5, 5.41) is 0. The van der Waals surface area contributed by atoms with Crippen molar-refractivity contribution in [2.45, 2.75) is 40.8 Å². The fourth-order valence-electron chi connectivity index (χ4n) is 1.26. The van der Waals surface area contributed by atoms with E-state index < -0.39 is 11.7 Å². The molecule has 0 aliphatic carbocycles. The molecule has 0 radical (unpaired) electrons. The Morgan fingerprint density at radius 3 is 1.73 bits per heavy atom. The SMILES string of the molecule is CC.Cc1ccc(C(F)(F)F)c(C)c1C. The van der Waals surface area contributed by atoms with Gasteiger partial charge in [0.25, 0.3) is 0 Å². The van der Waals surface area contributed by atoms with E-state index in [-0.39, 0.29) is 0 Å². The van der Waals surface area contributed by atoms with E-state index in [0.717, 1.165) is 17.2 Å². The van der Waals surface area contributed by atoms with E-state index in [4.69, 9.17) is 0 Å². The van der Waals surface area contributed by atoms with Gasteiger partial charge in [0.05, 0.1) is 5.56 Å². The van der Waals surface area contributed by atoms with Gasteiger partial charge in [0, 0.05) is 0 Å². The van der Waals surface area contributed by atoms with Gasteiger partial charge in [-0.05, 0) is 43.5 Å². The molecule has 0 atom stereocenters. The normalized spacial score (nSPS) is 10.7. The molecule has 0 spiro atoms. The van der Waals surface area contributed by atoms with Gasteiger partial charge in [-0.25, -0.2) is 0 Å².